The summed E-state index contributed by atoms with van der Waals surface area (Å²) in [6.45, 7) is 0. The third-order valence-corrected chi connectivity index (χ3v) is 0.362. The number of tetrazole rings is 1. The van der Waals surface area contributed by atoms with E-state index in [1.807, 2.05) is 0 Å². The number of nitrogens with zero attached hydrogens (tertiary/aromatic N) is 3. The Hall–Kier alpha value is 0.130. The third-order valence-electron chi connectivity index (χ3n) is 0.362. The first-order valence-corrected chi connectivity index (χ1v) is 1.39. The van der Waals surface area contributed by atoms with Crippen molar-refractivity contribution in [2.45, 2.75) is 0 Å². The Morgan fingerprint density at radius 3 is 2.43 bits per heavy atom. The molecular weight excluding hydrogens is 122 g/mol. The number of nitrogens with two attached hydrogens (primary N) is 1. The molecule has 36 valence electrons. The zero-order valence-electron chi connectivity index (χ0n) is 2.92. The van der Waals surface area contributed by atoms with Crippen molar-refractivity contribution in [2.75, 3.05) is 5.73 Å². The third kappa shape index (κ3) is 2.06. The molecule has 0 saturated heterocycles. The molecular formula is CH5CaN5. The van der Waals surface area contributed by atoms with Gasteiger partial charge in [0.25, 0.3) is 0 Å². The Morgan fingerprint density at radius 1 is 1.57 bits per heavy atom. The molecule has 0 aromatic carbocycles. The molecule has 0 bridgehead atoms. The first kappa shape index (κ1) is 7.13. The minimum absolute atomic E-state index is 0. The number of aromatic nitrogens is 4. The number of hydrogen-bond donors (Lipinski definition) is 2. The van der Waals surface area contributed by atoms with Crippen molar-refractivity contribution in [2.24, 2.45) is 0 Å². The summed E-state index contributed by atoms with van der Waals surface area (Å²) in [6, 6.07) is 0. The first-order chi connectivity index (χ1) is 2.89. The molecule has 6 heteroatoms. The molecule has 5 nitrogen and oxygen atoms in total. The molecule has 0 amide bonds. The number of nitrogens with one attached hydrogen (secondary N) is 1. The molecule has 0 fully saturated rings. The van der Waals surface area contributed by atoms with Crippen LogP contribution in [0.4, 0.5) is 5.95 Å². The van der Waals surface area contributed by atoms with Gasteiger partial charge < -0.3 is 5.73 Å². The maximum atomic E-state index is 4.99. The van der Waals surface area contributed by atoms with E-state index in [9.17, 15) is 0 Å². The van der Waals surface area contributed by atoms with Gasteiger partial charge in [-0.05, 0) is 10.4 Å². The average molecular weight is 127 g/mol. The Bertz CT molecular complexity index is 112. The first-order valence-electron chi connectivity index (χ1n) is 1.39. The van der Waals surface area contributed by atoms with Gasteiger partial charge in [0.1, 0.15) is 0 Å². The Kier molecular flexibility index (Phi) is 3.23. The topological polar surface area (TPSA) is 80.5 Å². The zero-order chi connectivity index (χ0) is 4.41. The fourth-order valence-corrected chi connectivity index (χ4v) is 0.166. The monoisotopic (exact) mass is 127 g/mol. The number of H-pyrrole nitrogens is 1. The normalized spacial score (nSPS) is 7.43. The van der Waals surface area contributed by atoms with Gasteiger partial charge in [-0.1, -0.05) is 5.10 Å². The Labute approximate surface area is 69.7 Å². The molecule has 1 heterocycles. The quantitative estimate of drug-likeness (QED) is 0.390. The minimum atomic E-state index is 0. The molecule has 0 radical (unpaired) electrons. The van der Waals surface area contributed by atoms with Gasteiger partial charge in [0, 0.05) is 0 Å². The molecule has 1 aromatic heterocycles. The van der Waals surface area contributed by atoms with Crippen LogP contribution in [0, 0.1) is 0 Å². The molecule has 0 saturated carbocycles. The van der Waals surface area contributed by atoms with E-state index in [1.54, 1.807) is 0 Å². The van der Waals surface area contributed by atoms with Crippen LogP contribution < -0.4 is 5.73 Å². The van der Waals surface area contributed by atoms with Crippen LogP contribution in [-0.4, -0.2) is 58.4 Å². The Balaban J connectivity index is 0.000000360. The second-order valence-corrected chi connectivity index (χ2v) is 0.786. The molecule has 1 aromatic rings. The van der Waals surface area contributed by atoms with Crippen LogP contribution in [-0.2, 0) is 0 Å². The summed E-state index contributed by atoms with van der Waals surface area (Å²) in [7, 11) is 0. The summed E-state index contributed by atoms with van der Waals surface area (Å²) >= 11 is 0. The van der Waals surface area contributed by atoms with Crippen LogP contribution in [0.5, 0.6) is 0 Å². The van der Waals surface area contributed by atoms with E-state index in [-0.39, 0.29) is 43.7 Å². The predicted octanol–water partition coefficient (Wildman–Crippen LogP) is -2.13. The van der Waals surface area contributed by atoms with Crippen LogP contribution in [0.3, 0.4) is 0 Å². The van der Waals surface area contributed by atoms with Crippen molar-refractivity contribution in [3.05, 3.63) is 0 Å². The molecule has 0 atom stereocenters. The summed E-state index contributed by atoms with van der Waals surface area (Å²) in [6.07, 6.45) is 0. The summed E-state index contributed by atoms with van der Waals surface area (Å²) in [4.78, 5) is 0. The van der Waals surface area contributed by atoms with E-state index in [0.29, 0.717) is 0 Å². The second kappa shape index (κ2) is 3.17. The van der Waals surface area contributed by atoms with Crippen LogP contribution >= 0.6 is 0 Å². The molecule has 0 aliphatic rings. The maximum absolute atomic E-state index is 4.99. The number of anilines is 1. The SMILES string of the molecule is Nc1nnn[nH]1.[CaH2]. The standard InChI is InChI=1S/CH3N5.Ca.2H/c2-1-3-5-6-4-1;;;/h(H3,2,3,4,5,6);;;. The molecule has 3 N–H and O–H groups in total. The molecule has 1 rings (SSSR count). The van der Waals surface area contributed by atoms with Gasteiger partial charge in [-0.3, -0.25) is 0 Å². The van der Waals surface area contributed by atoms with E-state index in [0.717, 1.165) is 0 Å². The van der Waals surface area contributed by atoms with E-state index < -0.39 is 0 Å². The van der Waals surface area contributed by atoms with Crippen molar-refractivity contribution >= 4 is 43.7 Å². The van der Waals surface area contributed by atoms with E-state index >= 15 is 0 Å². The van der Waals surface area contributed by atoms with Crippen LogP contribution in [0.25, 0.3) is 0 Å². The molecule has 0 unspecified atom stereocenters. The molecule has 0 aliphatic heterocycles. The van der Waals surface area contributed by atoms with Crippen molar-refractivity contribution in [3.63, 3.8) is 0 Å². The van der Waals surface area contributed by atoms with Gasteiger partial charge >= 0.3 is 37.7 Å². The van der Waals surface area contributed by atoms with Crippen LogP contribution in [0.15, 0.2) is 0 Å². The second-order valence-electron chi connectivity index (χ2n) is 0.786. The fourth-order valence-electron chi connectivity index (χ4n) is 0.166. The van der Waals surface area contributed by atoms with Gasteiger partial charge in [0.15, 0.2) is 0 Å². The number of rotatable bonds is 0. The summed E-state index contributed by atoms with van der Waals surface area (Å²) in [5, 5.41) is 11.9. The van der Waals surface area contributed by atoms with Crippen molar-refractivity contribution < 1.29 is 0 Å². The van der Waals surface area contributed by atoms with Gasteiger partial charge in [-0.15, -0.1) is 0 Å². The zero-order valence-corrected chi connectivity index (χ0v) is 2.92. The van der Waals surface area contributed by atoms with Crippen molar-refractivity contribution in [1.29, 1.82) is 0 Å². The summed E-state index contributed by atoms with van der Waals surface area (Å²) < 4.78 is 0. The van der Waals surface area contributed by atoms with Crippen LogP contribution in [0.2, 0.25) is 0 Å². The van der Waals surface area contributed by atoms with E-state index in [4.69, 9.17) is 5.73 Å². The summed E-state index contributed by atoms with van der Waals surface area (Å²) in [5.41, 5.74) is 4.99. The number of hydrogen-bond acceptors (Lipinski definition) is 4. The van der Waals surface area contributed by atoms with Gasteiger partial charge in [0.05, 0.1) is 0 Å². The fraction of sp³-hybridized carbons (Fsp3) is 0. The van der Waals surface area contributed by atoms with Crippen molar-refractivity contribution in [3.8, 4) is 0 Å². The Morgan fingerprint density at radius 2 is 2.29 bits per heavy atom. The van der Waals surface area contributed by atoms with E-state index in [2.05, 4.69) is 20.6 Å². The number of nitrogen functional groups attached to an aromatic ring is 1. The number of aromatic amines is 1. The van der Waals surface area contributed by atoms with Gasteiger partial charge in [-0.25, -0.2) is 5.10 Å². The van der Waals surface area contributed by atoms with Gasteiger partial charge in [0.2, 0.25) is 5.95 Å². The summed E-state index contributed by atoms with van der Waals surface area (Å²) in [5.74, 6) is 0.245. The molecule has 0 aliphatic carbocycles. The van der Waals surface area contributed by atoms with E-state index in [1.165, 1.54) is 0 Å². The van der Waals surface area contributed by atoms with Crippen molar-refractivity contribution in [1.82, 2.24) is 20.6 Å². The molecule has 0 spiro atoms. The molecule has 7 heavy (non-hydrogen) atoms. The average Bonchev–Trinajstić information content (AvgIpc) is 1.86. The van der Waals surface area contributed by atoms with Gasteiger partial charge in [-0.2, -0.15) is 0 Å². The van der Waals surface area contributed by atoms with Crippen LogP contribution in [0.1, 0.15) is 0 Å². The predicted molar refractivity (Wildman–Crippen MR) is 27.1 cm³/mol.